The summed E-state index contributed by atoms with van der Waals surface area (Å²) in [5, 5.41) is 2.15. The van der Waals surface area contributed by atoms with Crippen LogP contribution >= 0.6 is 27.5 Å². The normalized spacial score (nSPS) is 10.4. The number of anilines is 1. The lowest BCUT2D eigenvalue weighted by Gasteiger charge is -2.09. The first kappa shape index (κ1) is 14.9. The van der Waals surface area contributed by atoms with E-state index in [4.69, 9.17) is 11.6 Å². The van der Waals surface area contributed by atoms with Crippen LogP contribution in [0.25, 0.3) is 0 Å². The van der Waals surface area contributed by atoms with Gasteiger partial charge in [-0.2, -0.15) is 0 Å². The van der Waals surface area contributed by atoms with E-state index in [-0.39, 0.29) is 10.7 Å². The summed E-state index contributed by atoms with van der Waals surface area (Å²) in [6.07, 6.45) is 0. The molecule has 2 aromatic rings. The highest BCUT2D eigenvalue weighted by atomic mass is 79.9. The van der Waals surface area contributed by atoms with E-state index >= 15 is 0 Å². The molecule has 0 unspecified atom stereocenters. The lowest BCUT2D eigenvalue weighted by Crippen LogP contribution is -2.14. The zero-order valence-electron chi connectivity index (χ0n) is 10.3. The minimum absolute atomic E-state index is 0.192. The Hall–Kier alpha value is -1.46. The molecule has 0 aliphatic carbocycles. The molecule has 0 spiro atoms. The number of hydrogen-bond acceptors (Lipinski definition) is 1. The van der Waals surface area contributed by atoms with Crippen molar-refractivity contribution in [2.24, 2.45) is 0 Å². The topological polar surface area (TPSA) is 29.1 Å². The first-order valence-electron chi connectivity index (χ1n) is 5.60. The van der Waals surface area contributed by atoms with Crippen LogP contribution in [0.15, 0.2) is 34.8 Å². The van der Waals surface area contributed by atoms with Gasteiger partial charge in [-0.15, -0.1) is 0 Å². The van der Waals surface area contributed by atoms with E-state index < -0.39 is 17.5 Å². The average molecular weight is 361 g/mol. The van der Waals surface area contributed by atoms with Crippen molar-refractivity contribution in [2.45, 2.75) is 6.92 Å². The van der Waals surface area contributed by atoms with Gasteiger partial charge in [0.1, 0.15) is 5.82 Å². The maximum absolute atomic E-state index is 13.6. The highest BCUT2D eigenvalue weighted by Crippen LogP contribution is 2.27. The summed E-state index contributed by atoms with van der Waals surface area (Å²) >= 11 is 9.00. The molecule has 0 saturated carbocycles. The van der Waals surface area contributed by atoms with Gasteiger partial charge in [0.2, 0.25) is 0 Å². The smallest absolute Gasteiger partial charge is 0.255 e. The molecule has 0 bridgehead atoms. The molecule has 20 heavy (non-hydrogen) atoms. The van der Waals surface area contributed by atoms with E-state index in [1.165, 1.54) is 0 Å². The van der Waals surface area contributed by atoms with Gasteiger partial charge in [-0.3, -0.25) is 4.79 Å². The average Bonchev–Trinajstić information content (AvgIpc) is 2.32. The van der Waals surface area contributed by atoms with E-state index in [0.717, 1.165) is 16.1 Å². The third-order valence-corrected chi connectivity index (χ3v) is 3.31. The van der Waals surface area contributed by atoms with E-state index in [1.807, 2.05) is 13.0 Å². The quantitative estimate of drug-likeness (QED) is 0.807. The highest BCUT2D eigenvalue weighted by molar-refractivity contribution is 9.10. The van der Waals surface area contributed by atoms with Crippen LogP contribution in [0.5, 0.6) is 0 Å². The summed E-state index contributed by atoms with van der Waals surface area (Å²) in [6.45, 7) is 1.83. The second-order valence-corrected chi connectivity index (χ2v) is 5.54. The SMILES string of the molecule is Cc1cc(Br)cc(C(=O)Nc2c(F)cc(F)cc2Cl)c1. The molecule has 0 aliphatic rings. The van der Waals surface area contributed by atoms with Crippen LogP contribution < -0.4 is 5.32 Å². The van der Waals surface area contributed by atoms with Crippen LogP contribution in [0.4, 0.5) is 14.5 Å². The number of carbonyl (C=O) groups is 1. The van der Waals surface area contributed by atoms with Gasteiger partial charge in [0.25, 0.3) is 5.91 Å². The predicted molar refractivity (Wildman–Crippen MR) is 78.2 cm³/mol. The number of benzene rings is 2. The third-order valence-electron chi connectivity index (χ3n) is 2.55. The number of hydrogen-bond donors (Lipinski definition) is 1. The van der Waals surface area contributed by atoms with Crippen molar-refractivity contribution in [3.63, 3.8) is 0 Å². The van der Waals surface area contributed by atoms with Gasteiger partial charge in [-0.25, -0.2) is 8.78 Å². The van der Waals surface area contributed by atoms with E-state index in [9.17, 15) is 13.6 Å². The number of carbonyl (C=O) groups excluding carboxylic acids is 1. The number of nitrogens with one attached hydrogen (secondary N) is 1. The molecule has 0 atom stereocenters. The summed E-state index contributed by atoms with van der Waals surface area (Å²) in [4.78, 5) is 12.1. The molecule has 6 heteroatoms. The van der Waals surface area contributed by atoms with Crippen molar-refractivity contribution in [1.82, 2.24) is 0 Å². The fourth-order valence-electron chi connectivity index (χ4n) is 1.71. The molecule has 2 nitrogen and oxygen atoms in total. The van der Waals surface area contributed by atoms with Crippen LogP contribution in [-0.4, -0.2) is 5.91 Å². The summed E-state index contributed by atoms with van der Waals surface area (Å²) in [7, 11) is 0. The summed E-state index contributed by atoms with van der Waals surface area (Å²) < 4.78 is 27.3. The van der Waals surface area contributed by atoms with E-state index in [0.29, 0.717) is 11.6 Å². The molecule has 0 radical (unpaired) electrons. The Morgan fingerprint density at radius 2 is 1.90 bits per heavy atom. The van der Waals surface area contributed by atoms with Crippen LogP contribution in [0.2, 0.25) is 5.02 Å². The Morgan fingerprint density at radius 1 is 1.20 bits per heavy atom. The molecule has 0 saturated heterocycles. The van der Waals surface area contributed by atoms with Crippen LogP contribution in [0.1, 0.15) is 15.9 Å². The van der Waals surface area contributed by atoms with Gasteiger partial charge in [0.15, 0.2) is 5.82 Å². The second kappa shape index (κ2) is 5.89. The summed E-state index contributed by atoms with van der Waals surface area (Å²) in [6, 6.07) is 6.68. The van der Waals surface area contributed by atoms with E-state index in [1.54, 1.807) is 12.1 Å². The Morgan fingerprint density at radius 3 is 2.50 bits per heavy atom. The largest absolute Gasteiger partial charge is 0.318 e. The molecule has 0 fully saturated rings. The Bertz CT molecular complexity index is 648. The summed E-state index contributed by atoms with van der Waals surface area (Å²) in [5.74, 6) is -2.25. The molecule has 1 amide bonds. The van der Waals surface area contributed by atoms with Gasteiger partial charge in [-0.05, 0) is 36.8 Å². The van der Waals surface area contributed by atoms with Crippen LogP contribution in [0.3, 0.4) is 0 Å². The third kappa shape index (κ3) is 3.35. The van der Waals surface area contributed by atoms with Crippen molar-refractivity contribution in [1.29, 1.82) is 0 Å². The fourth-order valence-corrected chi connectivity index (χ4v) is 2.56. The molecular formula is C14H9BrClF2NO. The zero-order valence-corrected chi connectivity index (χ0v) is 12.6. The maximum Gasteiger partial charge on any atom is 0.255 e. The first-order valence-corrected chi connectivity index (χ1v) is 6.77. The van der Waals surface area contributed by atoms with Crippen molar-refractivity contribution < 1.29 is 13.6 Å². The van der Waals surface area contributed by atoms with Crippen molar-refractivity contribution in [2.75, 3.05) is 5.32 Å². The lowest BCUT2D eigenvalue weighted by molar-refractivity contribution is 0.102. The number of amides is 1. The first-order chi connectivity index (χ1) is 9.36. The standard InChI is InChI=1S/C14H9BrClF2NO/c1-7-2-8(4-9(15)3-7)14(20)19-13-11(16)5-10(17)6-12(13)18/h2-6H,1H3,(H,19,20). The van der Waals surface area contributed by atoms with Crippen LogP contribution in [0, 0.1) is 18.6 Å². The Balaban J connectivity index is 2.32. The molecule has 0 heterocycles. The zero-order chi connectivity index (χ0) is 14.9. The van der Waals surface area contributed by atoms with Gasteiger partial charge in [0.05, 0.1) is 10.7 Å². The number of aryl methyl sites for hydroxylation is 1. The van der Waals surface area contributed by atoms with Gasteiger partial charge >= 0.3 is 0 Å². The van der Waals surface area contributed by atoms with Crippen LogP contribution in [-0.2, 0) is 0 Å². The van der Waals surface area contributed by atoms with Crippen molar-refractivity contribution in [3.05, 3.63) is 62.6 Å². The number of rotatable bonds is 2. The van der Waals surface area contributed by atoms with E-state index in [2.05, 4.69) is 21.2 Å². The summed E-state index contributed by atoms with van der Waals surface area (Å²) in [5.41, 5.74) is 0.975. The van der Waals surface area contributed by atoms with Gasteiger partial charge in [0, 0.05) is 16.1 Å². The minimum atomic E-state index is -0.921. The predicted octanol–water partition coefficient (Wildman–Crippen LogP) is 4.94. The van der Waals surface area contributed by atoms with Crippen molar-refractivity contribution >= 4 is 39.1 Å². The second-order valence-electron chi connectivity index (χ2n) is 4.22. The van der Waals surface area contributed by atoms with Crippen molar-refractivity contribution in [3.8, 4) is 0 Å². The molecule has 0 aliphatic heterocycles. The Kier molecular flexibility index (Phi) is 4.40. The fraction of sp³-hybridized carbons (Fsp3) is 0.0714. The molecule has 1 N–H and O–H groups in total. The van der Waals surface area contributed by atoms with Gasteiger partial charge < -0.3 is 5.32 Å². The molecule has 104 valence electrons. The molecule has 2 rings (SSSR count). The molecular weight excluding hydrogens is 352 g/mol. The number of halogens is 4. The minimum Gasteiger partial charge on any atom is -0.318 e. The molecule has 0 aromatic heterocycles. The maximum atomic E-state index is 13.6. The highest BCUT2D eigenvalue weighted by Gasteiger charge is 2.14. The monoisotopic (exact) mass is 359 g/mol. The van der Waals surface area contributed by atoms with Gasteiger partial charge in [-0.1, -0.05) is 27.5 Å². The molecule has 2 aromatic carbocycles. The lowest BCUT2D eigenvalue weighted by atomic mass is 10.1. The Labute approximate surface area is 127 Å².